The standard InChI is InChI=1S/C22H34O6/c1-2-3-4-5-6-9-12-18(24)21-16-19(25)20(28-21)15-14-17(23)11-8-7-10-13-22(26)27/h3-4,6-9,14-15,17-21,23-25H,2,5,10-13,16H2,1H3,(H,26,27)/b4-3-,8-7-,9-6-,15-14+/t17-,18-,19-,20-,21-/m1/s1. The fourth-order valence-corrected chi connectivity index (χ4v) is 2.84. The van der Waals surface area contributed by atoms with Crippen LogP contribution in [0.25, 0.3) is 0 Å². The number of carboxylic acids is 1. The molecule has 0 spiro atoms. The van der Waals surface area contributed by atoms with E-state index >= 15 is 0 Å². The summed E-state index contributed by atoms with van der Waals surface area (Å²) >= 11 is 0. The Labute approximate surface area is 167 Å². The maximum atomic E-state index is 10.4. The molecule has 0 aromatic rings. The molecule has 0 aromatic carbocycles. The molecule has 0 bridgehead atoms. The Balaban J connectivity index is 2.34. The molecule has 5 atom stereocenters. The van der Waals surface area contributed by atoms with Crippen LogP contribution in [-0.4, -0.2) is 56.9 Å². The van der Waals surface area contributed by atoms with Gasteiger partial charge < -0.3 is 25.2 Å². The second kappa shape index (κ2) is 14.3. The molecule has 1 rings (SSSR count). The quantitative estimate of drug-likeness (QED) is 0.358. The van der Waals surface area contributed by atoms with Crippen LogP contribution in [0.4, 0.5) is 0 Å². The lowest BCUT2D eigenvalue weighted by Gasteiger charge is -2.16. The van der Waals surface area contributed by atoms with Crippen molar-refractivity contribution in [3.05, 3.63) is 48.6 Å². The number of aliphatic hydroxyl groups is 3. The number of ether oxygens (including phenoxy) is 1. The maximum Gasteiger partial charge on any atom is 0.303 e. The highest BCUT2D eigenvalue weighted by atomic mass is 16.5. The Morgan fingerprint density at radius 2 is 1.82 bits per heavy atom. The molecule has 0 radical (unpaired) electrons. The van der Waals surface area contributed by atoms with Crippen LogP contribution in [0, 0.1) is 0 Å². The predicted molar refractivity (Wildman–Crippen MR) is 109 cm³/mol. The van der Waals surface area contributed by atoms with Crippen molar-refractivity contribution in [3.63, 3.8) is 0 Å². The summed E-state index contributed by atoms with van der Waals surface area (Å²) in [5.41, 5.74) is 0. The lowest BCUT2D eigenvalue weighted by atomic mass is 10.0. The van der Waals surface area contributed by atoms with E-state index in [9.17, 15) is 20.1 Å². The molecule has 6 nitrogen and oxygen atoms in total. The summed E-state index contributed by atoms with van der Waals surface area (Å²) in [6, 6.07) is 0. The average molecular weight is 395 g/mol. The fourth-order valence-electron chi connectivity index (χ4n) is 2.84. The molecule has 1 saturated heterocycles. The zero-order chi connectivity index (χ0) is 20.8. The van der Waals surface area contributed by atoms with Gasteiger partial charge >= 0.3 is 5.97 Å². The number of allylic oxidation sites excluding steroid dienone is 4. The van der Waals surface area contributed by atoms with E-state index in [-0.39, 0.29) is 6.42 Å². The van der Waals surface area contributed by atoms with E-state index in [1.165, 1.54) is 0 Å². The normalized spacial score (nSPS) is 25.5. The van der Waals surface area contributed by atoms with Crippen molar-refractivity contribution in [2.24, 2.45) is 0 Å². The highest BCUT2D eigenvalue weighted by Gasteiger charge is 2.35. The Hall–Kier alpha value is -1.73. The van der Waals surface area contributed by atoms with Gasteiger partial charge in [-0.1, -0.05) is 55.5 Å². The van der Waals surface area contributed by atoms with Crippen LogP contribution in [0.2, 0.25) is 0 Å². The molecule has 1 aliphatic rings. The summed E-state index contributed by atoms with van der Waals surface area (Å²) in [4.78, 5) is 10.4. The van der Waals surface area contributed by atoms with Gasteiger partial charge in [-0.3, -0.25) is 4.79 Å². The first-order valence-corrected chi connectivity index (χ1v) is 9.98. The number of aliphatic carboxylic acids is 1. The molecule has 28 heavy (non-hydrogen) atoms. The zero-order valence-corrected chi connectivity index (χ0v) is 16.6. The SMILES string of the molecule is CC/C=C\C/C=C\C[C@@H](O)[C@H]1C[C@@H](O)[C@@H](/C=C/[C@H](O)C/C=C\CCC(=O)O)O1. The smallest absolute Gasteiger partial charge is 0.303 e. The van der Waals surface area contributed by atoms with Gasteiger partial charge in [0.05, 0.1) is 24.4 Å². The van der Waals surface area contributed by atoms with E-state index in [2.05, 4.69) is 19.1 Å². The number of rotatable bonds is 13. The molecule has 0 amide bonds. The molecule has 1 fully saturated rings. The third kappa shape index (κ3) is 10.6. The minimum absolute atomic E-state index is 0.0683. The lowest BCUT2D eigenvalue weighted by molar-refractivity contribution is -0.136. The van der Waals surface area contributed by atoms with Crippen LogP contribution >= 0.6 is 0 Å². The Kier molecular flexibility index (Phi) is 12.4. The topological polar surface area (TPSA) is 107 Å². The Morgan fingerprint density at radius 1 is 1.11 bits per heavy atom. The molecule has 6 heteroatoms. The number of hydrogen-bond donors (Lipinski definition) is 4. The highest BCUT2D eigenvalue weighted by molar-refractivity contribution is 5.66. The third-order valence-corrected chi connectivity index (χ3v) is 4.42. The first-order chi connectivity index (χ1) is 13.4. The van der Waals surface area contributed by atoms with Gasteiger partial charge in [-0.25, -0.2) is 0 Å². The molecule has 1 heterocycles. The largest absolute Gasteiger partial charge is 0.481 e. The molecule has 158 valence electrons. The van der Waals surface area contributed by atoms with Crippen LogP contribution in [-0.2, 0) is 9.53 Å². The summed E-state index contributed by atoms with van der Waals surface area (Å²) < 4.78 is 5.72. The molecule has 0 saturated carbocycles. The molecular formula is C22H34O6. The van der Waals surface area contributed by atoms with Gasteiger partial charge in [0, 0.05) is 12.8 Å². The molecular weight excluding hydrogens is 360 g/mol. The molecule has 4 N–H and O–H groups in total. The van der Waals surface area contributed by atoms with Crippen molar-refractivity contribution in [1.29, 1.82) is 0 Å². The first kappa shape index (κ1) is 24.3. The van der Waals surface area contributed by atoms with Crippen LogP contribution in [0.15, 0.2) is 48.6 Å². The fraction of sp³-hybridized carbons (Fsp3) is 0.591. The summed E-state index contributed by atoms with van der Waals surface area (Å²) in [6.45, 7) is 2.08. The van der Waals surface area contributed by atoms with Crippen molar-refractivity contribution in [2.45, 2.75) is 82.4 Å². The van der Waals surface area contributed by atoms with E-state index in [1.807, 2.05) is 12.2 Å². The second-order valence-corrected chi connectivity index (χ2v) is 6.92. The van der Waals surface area contributed by atoms with Gasteiger partial charge in [-0.2, -0.15) is 0 Å². The summed E-state index contributed by atoms with van der Waals surface area (Å²) in [6.07, 6.45) is 15.1. The lowest BCUT2D eigenvalue weighted by Crippen LogP contribution is -2.25. The summed E-state index contributed by atoms with van der Waals surface area (Å²) in [5.74, 6) is -0.849. The Bertz CT molecular complexity index is 551. The minimum atomic E-state index is -0.849. The predicted octanol–water partition coefficient (Wildman–Crippen LogP) is 2.90. The van der Waals surface area contributed by atoms with Gasteiger partial charge in [0.2, 0.25) is 0 Å². The van der Waals surface area contributed by atoms with E-state index in [0.717, 1.165) is 12.8 Å². The van der Waals surface area contributed by atoms with Crippen molar-refractivity contribution in [3.8, 4) is 0 Å². The zero-order valence-electron chi connectivity index (χ0n) is 16.6. The van der Waals surface area contributed by atoms with Crippen LogP contribution in [0.3, 0.4) is 0 Å². The van der Waals surface area contributed by atoms with Crippen LogP contribution in [0.1, 0.15) is 51.9 Å². The molecule has 0 aliphatic carbocycles. The summed E-state index contributed by atoms with van der Waals surface area (Å²) in [7, 11) is 0. The number of carboxylic acid groups (broad SMARTS) is 1. The van der Waals surface area contributed by atoms with E-state index in [0.29, 0.717) is 25.7 Å². The number of hydrogen-bond acceptors (Lipinski definition) is 5. The second-order valence-electron chi connectivity index (χ2n) is 6.92. The number of aliphatic hydroxyl groups excluding tert-OH is 3. The van der Waals surface area contributed by atoms with Gasteiger partial charge in [0.15, 0.2) is 0 Å². The van der Waals surface area contributed by atoms with Gasteiger partial charge in [-0.05, 0) is 32.1 Å². The van der Waals surface area contributed by atoms with Crippen molar-refractivity contribution >= 4 is 5.97 Å². The summed E-state index contributed by atoms with van der Waals surface area (Å²) in [5, 5.41) is 38.8. The average Bonchev–Trinajstić information content (AvgIpc) is 3.03. The molecule has 0 unspecified atom stereocenters. The maximum absolute atomic E-state index is 10.4. The van der Waals surface area contributed by atoms with E-state index in [4.69, 9.17) is 9.84 Å². The van der Waals surface area contributed by atoms with Crippen molar-refractivity contribution < 1.29 is 30.0 Å². The molecule has 1 aliphatic heterocycles. The van der Waals surface area contributed by atoms with Gasteiger partial charge in [0.1, 0.15) is 6.10 Å². The number of carbonyl (C=O) groups is 1. The monoisotopic (exact) mass is 394 g/mol. The van der Waals surface area contributed by atoms with Gasteiger partial charge in [-0.15, -0.1) is 0 Å². The third-order valence-electron chi connectivity index (χ3n) is 4.42. The van der Waals surface area contributed by atoms with Crippen LogP contribution in [0.5, 0.6) is 0 Å². The van der Waals surface area contributed by atoms with Crippen molar-refractivity contribution in [1.82, 2.24) is 0 Å². The van der Waals surface area contributed by atoms with E-state index < -0.39 is 36.5 Å². The first-order valence-electron chi connectivity index (χ1n) is 9.98. The minimum Gasteiger partial charge on any atom is -0.481 e. The van der Waals surface area contributed by atoms with E-state index in [1.54, 1.807) is 24.3 Å². The van der Waals surface area contributed by atoms with Gasteiger partial charge in [0.25, 0.3) is 0 Å². The highest BCUT2D eigenvalue weighted by Crippen LogP contribution is 2.25. The Morgan fingerprint density at radius 3 is 2.54 bits per heavy atom. The van der Waals surface area contributed by atoms with Crippen molar-refractivity contribution in [2.75, 3.05) is 0 Å². The molecule has 0 aromatic heterocycles. The van der Waals surface area contributed by atoms with Crippen LogP contribution < -0.4 is 0 Å².